The summed E-state index contributed by atoms with van der Waals surface area (Å²) in [6, 6.07) is 23.7. The van der Waals surface area contributed by atoms with Crippen molar-refractivity contribution in [2.75, 3.05) is 39.3 Å². The number of carboxylic acid groups (broad SMARTS) is 3. The molecule has 6 atom stereocenters. The maximum Gasteiger partial charge on any atom is 0.342 e. The maximum atomic E-state index is 16.1. The third-order valence-corrected chi connectivity index (χ3v) is 11.6. The Bertz CT molecular complexity index is 1640. The van der Waals surface area contributed by atoms with Crippen LogP contribution in [0.4, 0.5) is 4.39 Å². The second-order valence-electron chi connectivity index (χ2n) is 15.4. The van der Waals surface area contributed by atoms with Gasteiger partial charge in [0.25, 0.3) is 0 Å². The molecule has 3 aliphatic heterocycles. The molecule has 0 aromatic heterocycles. The van der Waals surface area contributed by atoms with E-state index in [1.165, 1.54) is 0 Å². The van der Waals surface area contributed by atoms with Gasteiger partial charge in [-0.3, -0.25) is 14.5 Å². The van der Waals surface area contributed by atoms with Gasteiger partial charge in [0.05, 0.1) is 11.8 Å². The summed E-state index contributed by atoms with van der Waals surface area (Å²) >= 11 is 0. The van der Waals surface area contributed by atoms with Gasteiger partial charge in [-0.15, -0.1) is 0 Å². The average Bonchev–Trinajstić information content (AvgIpc) is 3.95. The molecular formula is C42H53FN4O6. The predicted molar refractivity (Wildman–Crippen MR) is 200 cm³/mol. The van der Waals surface area contributed by atoms with Crippen LogP contribution in [0.25, 0.3) is 0 Å². The first-order chi connectivity index (χ1) is 25.6. The van der Waals surface area contributed by atoms with Gasteiger partial charge in [0.1, 0.15) is 0 Å². The smallest absolute Gasteiger partial charge is 0.342 e. The van der Waals surface area contributed by atoms with Gasteiger partial charge in [0, 0.05) is 38.5 Å². The van der Waals surface area contributed by atoms with Crippen LogP contribution >= 0.6 is 0 Å². The molecular weight excluding hydrogens is 675 g/mol. The van der Waals surface area contributed by atoms with Crippen LogP contribution in [0.15, 0.2) is 72.8 Å². The highest BCUT2D eigenvalue weighted by Gasteiger charge is 2.47. The Morgan fingerprint density at radius 3 is 1.45 bits per heavy atom. The van der Waals surface area contributed by atoms with Crippen LogP contribution < -0.4 is 16.0 Å². The zero-order valence-corrected chi connectivity index (χ0v) is 30.3. The van der Waals surface area contributed by atoms with Crippen molar-refractivity contribution in [3.05, 3.63) is 106 Å². The molecule has 3 fully saturated rings. The minimum Gasteiger partial charge on any atom is -0.481 e. The minimum absolute atomic E-state index is 0.0898. The Labute approximate surface area is 311 Å². The normalized spacial score (nSPS) is 22.4. The Morgan fingerprint density at radius 2 is 1.06 bits per heavy atom. The molecule has 0 aliphatic carbocycles. The molecule has 3 aromatic carbocycles. The number of halogens is 1. The fourth-order valence-corrected chi connectivity index (χ4v) is 8.69. The van der Waals surface area contributed by atoms with E-state index in [-0.39, 0.29) is 18.3 Å². The summed E-state index contributed by atoms with van der Waals surface area (Å²) in [7, 11) is 0. The molecule has 3 saturated heterocycles. The summed E-state index contributed by atoms with van der Waals surface area (Å²) in [5.41, 5.74) is 3.20. The molecule has 11 heteroatoms. The standard InChI is InChI=1S/C42H53FN4O6/c43-42(41(52)53,36-12-15-46-24-36)21-30-6-3-9-33(18-30)27-47(25-31-7-1-4-28(16-31)19-37(39(48)49)34-10-13-44-22-34)26-32-8-2-5-29(17-32)20-38(40(50)51)35-11-14-45-23-35/h1-9,16-18,34-38,44-46H,10-15,19-27H2,(H,48,49)(H,50,51)(H,52,53)/t34-,35-,36-,37-,38-,42?/m0/s1. The van der Waals surface area contributed by atoms with Gasteiger partial charge in [-0.1, -0.05) is 72.8 Å². The van der Waals surface area contributed by atoms with Crippen LogP contribution in [0.1, 0.15) is 52.6 Å². The number of carbonyl (C=O) groups is 3. The highest BCUT2D eigenvalue weighted by molar-refractivity contribution is 5.78. The summed E-state index contributed by atoms with van der Waals surface area (Å²) in [6.07, 6.45) is 2.86. The van der Waals surface area contributed by atoms with E-state index in [0.717, 1.165) is 53.7 Å². The first kappa shape index (κ1) is 38.6. The quantitative estimate of drug-likeness (QED) is 0.110. The van der Waals surface area contributed by atoms with Crippen molar-refractivity contribution >= 4 is 17.9 Å². The molecule has 0 bridgehead atoms. The van der Waals surface area contributed by atoms with Gasteiger partial charge in [-0.05, 0) is 110 Å². The summed E-state index contributed by atoms with van der Waals surface area (Å²) in [6.45, 7) is 5.62. The van der Waals surface area contributed by atoms with Crippen molar-refractivity contribution in [3.63, 3.8) is 0 Å². The van der Waals surface area contributed by atoms with Gasteiger partial charge in [-0.25, -0.2) is 9.18 Å². The van der Waals surface area contributed by atoms with Crippen molar-refractivity contribution < 1.29 is 34.1 Å². The first-order valence-electron chi connectivity index (χ1n) is 19.0. The lowest BCUT2D eigenvalue weighted by Gasteiger charge is -2.27. The van der Waals surface area contributed by atoms with E-state index in [9.17, 15) is 29.7 Å². The molecule has 3 heterocycles. The summed E-state index contributed by atoms with van der Waals surface area (Å²) < 4.78 is 16.1. The van der Waals surface area contributed by atoms with E-state index in [0.29, 0.717) is 70.6 Å². The lowest BCUT2D eigenvalue weighted by atomic mass is 9.83. The van der Waals surface area contributed by atoms with Gasteiger partial charge < -0.3 is 31.3 Å². The Hall–Kier alpha value is -4.16. The molecule has 0 saturated carbocycles. The minimum atomic E-state index is -2.37. The van der Waals surface area contributed by atoms with E-state index in [1.54, 1.807) is 6.07 Å². The zero-order valence-electron chi connectivity index (χ0n) is 30.3. The molecule has 6 rings (SSSR count). The van der Waals surface area contributed by atoms with Gasteiger partial charge in [-0.2, -0.15) is 0 Å². The number of hydrogen-bond acceptors (Lipinski definition) is 7. The molecule has 6 N–H and O–H groups in total. The van der Waals surface area contributed by atoms with Gasteiger partial charge in [0.2, 0.25) is 5.67 Å². The third kappa shape index (κ3) is 10.1. The molecule has 3 aliphatic rings. The molecule has 3 aromatic rings. The van der Waals surface area contributed by atoms with Crippen molar-refractivity contribution in [1.82, 2.24) is 20.9 Å². The molecule has 1 unspecified atom stereocenters. The number of rotatable bonds is 18. The molecule has 0 amide bonds. The fraction of sp³-hybridized carbons (Fsp3) is 0.500. The second kappa shape index (κ2) is 17.8. The SMILES string of the molecule is O=C(O)[C@@H](Cc1cccc(CN(Cc2cccc(C[C@H](C(=O)O)[C@H]3CCNC3)c2)Cc2cccc(CC(F)(C(=O)O)[C@H]3CCNC3)c2)c1)[C@H]1CCNC1. The van der Waals surface area contributed by atoms with Crippen molar-refractivity contribution in [3.8, 4) is 0 Å². The van der Waals surface area contributed by atoms with E-state index in [1.807, 2.05) is 54.6 Å². The van der Waals surface area contributed by atoms with Crippen LogP contribution in [-0.4, -0.2) is 83.1 Å². The Morgan fingerprint density at radius 1 is 0.642 bits per heavy atom. The van der Waals surface area contributed by atoms with Crippen LogP contribution in [0.2, 0.25) is 0 Å². The van der Waals surface area contributed by atoms with Crippen LogP contribution in [0.3, 0.4) is 0 Å². The van der Waals surface area contributed by atoms with Crippen LogP contribution in [0, 0.1) is 29.6 Å². The van der Waals surface area contributed by atoms with Crippen LogP contribution in [0.5, 0.6) is 0 Å². The first-order valence-corrected chi connectivity index (χ1v) is 19.0. The largest absolute Gasteiger partial charge is 0.481 e. The fourth-order valence-electron chi connectivity index (χ4n) is 8.69. The van der Waals surface area contributed by atoms with Crippen molar-refractivity contribution in [2.24, 2.45) is 29.6 Å². The molecule has 0 spiro atoms. The maximum absolute atomic E-state index is 16.1. The molecule has 284 valence electrons. The number of nitrogens with zero attached hydrogens (tertiary/aromatic N) is 1. The predicted octanol–water partition coefficient (Wildman–Crippen LogP) is 4.54. The number of carboxylic acids is 3. The van der Waals surface area contributed by atoms with E-state index >= 15 is 4.39 Å². The molecule has 53 heavy (non-hydrogen) atoms. The topological polar surface area (TPSA) is 151 Å². The summed E-state index contributed by atoms with van der Waals surface area (Å²) in [4.78, 5) is 39.0. The van der Waals surface area contributed by atoms with Gasteiger partial charge in [0.15, 0.2) is 0 Å². The van der Waals surface area contributed by atoms with Crippen molar-refractivity contribution in [2.45, 2.75) is 63.8 Å². The van der Waals surface area contributed by atoms with E-state index < -0.39 is 41.3 Å². The number of nitrogens with one attached hydrogen (secondary N) is 3. The lowest BCUT2D eigenvalue weighted by Crippen LogP contribution is -2.44. The van der Waals surface area contributed by atoms with Gasteiger partial charge >= 0.3 is 17.9 Å². The Balaban J connectivity index is 1.24. The number of aliphatic carboxylic acids is 3. The highest BCUT2D eigenvalue weighted by atomic mass is 19.1. The highest BCUT2D eigenvalue weighted by Crippen LogP contribution is 2.33. The number of benzene rings is 3. The zero-order chi connectivity index (χ0) is 37.4. The second-order valence-corrected chi connectivity index (χ2v) is 15.4. The van der Waals surface area contributed by atoms with E-state index in [4.69, 9.17) is 0 Å². The van der Waals surface area contributed by atoms with E-state index in [2.05, 4.69) is 33.0 Å². The number of hydrogen-bond donors (Lipinski definition) is 6. The average molecular weight is 729 g/mol. The monoisotopic (exact) mass is 728 g/mol. The Kier molecular flexibility index (Phi) is 12.9. The molecule has 10 nitrogen and oxygen atoms in total. The summed E-state index contributed by atoms with van der Waals surface area (Å²) in [5, 5.41) is 39.8. The lowest BCUT2D eigenvalue weighted by molar-refractivity contribution is -0.154. The van der Waals surface area contributed by atoms with Crippen LogP contribution in [-0.2, 0) is 53.3 Å². The number of alkyl halides is 1. The third-order valence-electron chi connectivity index (χ3n) is 11.6. The van der Waals surface area contributed by atoms with Crippen molar-refractivity contribution in [1.29, 1.82) is 0 Å². The molecule has 0 radical (unpaired) electrons. The summed E-state index contributed by atoms with van der Waals surface area (Å²) in [5.74, 6) is -4.33.